The molecule has 0 spiro atoms. The Balaban J connectivity index is 3.21. The topological polar surface area (TPSA) is 29.5 Å². The first kappa shape index (κ1) is 11.5. The number of aromatic hydroxyl groups is 1. The summed E-state index contributed by atoms with van der Waals surface area (Å²) in [6.07, 6.45) is -4.86. The van der Waals surface area contributed by atoms with Crippen LogP contribution in [0.15, 0.2) is 18.2 Å². The van der Waals surface area contributed by atoms with Crippen LogP contribution >= 0.6 is 0 Å². The first-order valence-electron chi connectivity index (χ1n) is 3.66. The molecule has 0 aliphatic rings. The van der Waals surface area contributed by atoms with E-state index in [-0.39, 0.29) is 0 Å². The van der Waals surface area contributed by atoms with Gasteiger partial charge in [0.1, 0.15) is 5.56 Å². The molecule has 1 aromatic carbocycles. The molecule has 0 fully saturated rings. The molecule has 0 saturated heterocycles. The summed E-state index contributed by atoms with van der Waals surface area (Å²) < 4.78 is 63.9. The number of ether oxygens (including phenoxy) is 1. The van der Waals surface area contributed by atoms with Crippen molar-refractivity contribution in [1.82, 2.24) is 0 Å². The van der Waals surface area contributed by atoms with Crippen molar-refractivity contribution < 1.29 is 31.8 Å². The van der Waals surface area contributed by atoms with Crippen LogP contribution in [0.4, 0.5) is 22.0 Å². The minimum atomic E-state index is -4.86. The molecule has 0 amide bonds. The largest absolute Gasteiger partial charge is 0.504 e. The van der Waals surface area contributed by atoms with Gasteiger partial charge in [0.05, 0.1) is 0 Å². The van der Waals surface area contributed by atoms with Crippen molar-refractivity contribution in [2.45, 2.75) is 12.8 Å². The normalized spacial score (nSPS) is 11.9. The molecular formula is C8H5F5O2. The summed E-state index contributed by atoms with van der Waals surface area (Å²) in [7, 11) is 0. The highest BCUT2D eigenvalue weighted by atomic mass is 19.4. The van der Waals surface area contributed by atoms with Crippen LogP contribution in [-0.2, 0) is 6.18 Å². The fraction of sp³-hybridized carbons (Fsp3) is 0.250. The zero-order valence-electron chi connectivity index (χ0n) is 7.05. The Hall–Kier alpha value is -1.53. The molecular weight excluding hydrogens is 223 g/mol. The molecule has 0 atom stereocenters. The van der Waals surface area contributed by atoms with E-state index in [0.717, 1.165) is 12.1 Å². The molecule has 2 nitrogen and oxygen atoms in total. The molecule has 0 aliphatic heterocycles. The Labute approximate surface area is 80.9 Å². The molecule has 15 heavy (non-hydrogen) atoms. The van der Waals surface area contributed by atoms with Gasteiger partial charge in [-0.2, -0.15) is 22.0 Å². The van der Waals surface area contributed by atoms with E-state index in [4.69, 9.17) is 5.11 Å². The zero-order chi connectivity index (χ0) is 11.6. The highest BCUT2D eigenvalue weighted by Gasteiger charge is 2.36. The number of alkyl halides is 5. The first-order valence-corrected chi connectivity index (χ1v) is 3.66. The van der Waals surface area contributed by atoms with Gasteiger partial charge in [-0.25, -0.2) is 0 Å². The maximum absolute atomic E-state index is 12.2. The number of phenolic OH excluding ortho intramolecular Hbond substituents is 1. The lowest BCUT2D eigenvalue weighted by molar-refractivity contribution is -0.142. The molecule has 0 aliphatic carbocycles. The van der Waals surface area contributed by atoms with E-state index in [1.807, 2.05) is 0 Å². The van der Waals surface area contributed by atoms with Crippen molar-refractivity contribution in [2.75, 3.05) is 0 Å². The summed E-state index contributed by atoms with van der Waals surface area (Å²) in [4.78, 5) is 0. The molecule has 0 radical (unpaired) electrons. The van der Waals surface area contributed by atoms with Crippen molar-refractivity contribution in [3.05, 3.63) is 23.8 Å². The van der Waals surface area contributed by atoms with E-state index in [1.54, 1.807) is 0 Å². The molecule has 1 N–H and O–H groups in total. The quantitative estimate of drug-likeness (QED) is 0.788. The van der Waals surface area contributed by atoms with Gasteiger partial charge in [0, 0.05) is 0 Å². The summed E-state index contributed by atoms with van der Waals surface area (Å²) in [5.74, 6) is -2.25. The Kier molecular flexibility index (Phi) is 3.01. The molecule has 1 rings (SSSR count). The van der Waals surface area contributed by atoms with Crippen molar-refractivity contribution >= 4 is 0 Å². The third-order valence-electron chi connectivity index (χ3n) is 1.51. The summed E-state index contributed by atoms with van der Waals surface area (Å²) >= 11 is 0. The van der Waals surface area contributed by atoms with Gasteiger partial charge in [0.2, 0.25) is 0 Å². The highest BCUT2D eigenvalue weighted by molar-refractivity contribution is 5.47. The number of para-hydroxylation sites is 1. The molecule has 7 heteroatoms. The summed E-state index contributed by atoms with van der Waals surface area (Å²) in [6.45, 7) is -3.43. The fourth-order valence-electron chi connectivity index (χ4n) is 0.961. The summed E-state index contributed by atoms with van der Waals surface area (Å²) in [6, 6.07) is 2.25. The summed E-state index contributed by atoms with van der Waals surface area (Å²) in [5, 5.41) is 8.95. The van der Waals surface area contributed by atoms with Gasteiger partial charge >= 0.3 is 12.8 Å². The van der Waals surface area contributed by atoms with E-state index in [1.165, 1.54) is 0 Å². The summed E-state index contributed by atoms with van der Waals surface area (Å²) in [5.41, 5.74) is -1.44. The predicted molar refractivity (Wildman–Crippen MR) is 39.7 cm³/mol. The fourth-order valence-corrected chi connectivity index (χ4v) is 0.961. The van der Waals surface area contributed by atoms with Crippen molar-refractivity contribution in [3.8, 4) is 11.5 Å². The van der Waals surface area contributed by atoms with E-state index in [9.17, 15) is 22.0 Å². The number of benzene rings is 1. The second kappa shape index (κ2) is 3.92. The lowest BCUT2D eigenvalue weighted by Gasteiger charge is -2.13. The monoisotopic (exact) mass is 228 g/mol. The van der Waals surface area contributed by atoms with Crippen LogP contribution in [0.5, 0.6) is 11.5 Å². The Bertz CT molecular complexity index is 347. The molecule has 0 aromatic heterocycles. The van der Waals surface area contributed by atoms with Crippen molar-refractivity contribution in [2.24, 2.45) is 0 Å². The van der Waals surface area contributed by atoms with Crippen LogP contribution in [0.3, 0.4) is 0 Å². The van der Waals surface area contributed by atoms with E-state index >= 15 is 0 Å². The highest BCUT2D eigenvalue weighted by Crippen LogP contribution is 2.41. The van der Waals surface area contributed by atoms with Crippen LogP contribution in [0.2, 0.25) is 0 Å². The molecule has 1 aromatic rings. The lowest BCUT2D eigenvalue weighted by atomic mass is 10.2. The number of phenols is 1. The average molecular weight is 228 g/mol. The average Bonchev–Trinajstić information content (AvgIpc) is 2.05. The maximum atomic E-state index is 12.2. The second-order valence-electron chi connectivity index (χ2n) is 2.53. The maximum Gasteiger partial charge on any atom is 0.420 e. The number of halogens is 5. The molecule has 0 bridgehead atoms. The lowest BCUT2D eigenvalue weighted by Crippen LogP contribution is -2.11. The number of hydrogen-bond donors (Lipinski definition) is 1. The van der Waals surface area contributed by atoms with Crippen LogP contribution in [0.1, 0.15) is 5.56 Å². The van der Waals surface area contributed by atoms with Gasteiger partial charge < -0.3 is 9.84 Å². The third-order valence-corrected chi connectivity index (χ3v) is 1.51. The van der Waals surface area contributed by atoms with Crippen LogP contribution in [0.25, 0.3) is 0 Å². The molecule has 0 heterocycles. The van der Waals surface area contributed by atoms with E-state index in [0.29, 0.717) is 6.07 Å². The number of hydrogen-bond acceptors (Lipinski definition) is 2. The van der Waals surface area contributed by atoms with Crippen LogP contribution < -0.4 is 4.74 Å². The van der Waals surface area contributed by atoms with Crippen molar-refractivity contribution in [1.29, 1.82) is 0 Å². The van der Waals surface area contributed by atoms with Gasteiger partial charge in [-0.15, -0.1) is 0 Å². The SMILES string of the molecule is Oc1cccc(C(F)(F)F)c1OC(F)F. The second-order valence-corrected chi connectivity index (χ2v) is 2.53. The van der Waals surface area contributed by atoms with Gasteiger partial charge in [-0.3, -0.25) is 0 Å². The Morgan fingerprint density at radius 1 is 1.20 bits per heavy atom. The Morgan fingerprint density at radius 3 is 2.27 bits per heavy atom. The zero-order valence-corrected chi connectivity index (χ0v) is 7.05. The van der Waals surface area contributed by atoms with Gasteiger partial charge in [-0.1, -0.05) is 6.07 Å². The molecule has 0 saturated carbocycles. The Morgan fingerprint density at radius 2 is 1.80 bits per heavy atom. The smallest absolute Gasteiger partial charge is 0.420 e. The van der Waals surface area contributed by atoms with Gasteiger partial charge in [0.15, 0.2) is 11.5 Å². The van der Waals surface area contributed by atoms with Gasteiger partial charge in [-0.05, 0) is 12.1 Å². The van der Waals surface area contributed by atoms with Crippen LogP contribution in [-0.4, -0.2) is 11.7 Å². The predicted octanol–water partition coefficient (Wildman–Crippen LogP) is 3.01. The first-order chi connectivity index (χ1) is 6.82. The minimum Gasteiger partial charge on any atom is -0.504 e. The number of rotatable bonds is 2. The van der Waals surface area contributed by atoms with E-state index < -0.39 is 29.9 Å². The minimum absolute atomic E-state index is 0.539. The van der Waals surface area contributed by atoms with Crippen LogP contribution in [0, 0.1) is 0 Å². The third kappa shape index (κ3) is 2.71. The molecule has 84 valence electrons. The molecule has 0 unspecified atom stereocenters. The van der Waals surface area contributed by atoms with Gasteiger partial charge in [0.25, 0.3) is 0 Å². The van der Waals surface area contributed by atoms with Crippen molar-refractivity contribution in [3.63, 3.8) is 0 Å². The standard InChI is InChI=1S/C8H5F5O2/c9-7(10)15-6-4(8(11,12)13)2-1-3-5(6)14/h1-3,7,14H. The van der Waals surface area contributed by atoms with E-state index in [2.05, 4.69) is 4.74 Å².